The first-order chi connectivity index (χ1) is 6.86. The third-order valence-electron chi connectivity index (χ3n) is 2.47. The lowest BCUT2D eigenvalue weighted by Gasteiger charge is -2.12. The zero-order valence-electron chi connectivity index (χ0n) is 8.53. The van der Waals surface area contributed by atoms with E-state index in [1.165, 1.54) is 6.07 Å². The van der Waals surface area contributed by atoms with E-state index < -0.39 is 17.6 Å². The first kappa shape index (κ1) is 12.0. The summed E-state index contributed by atoms with van der Waals surface area (Å²) in [5, 5.41) is 0. The fourth-order valence-corrected chi connectivity index (χ4v) is 1.32. The third kappa shape index (κ3) is 2.70. The summed E-state index contributed by atoms with van der Waals surface area (Å²) in [6, 6.07) is 2.69. The Morgan fingerprint density at radius 3 is 2.27 bits per heavy atom. The normalized spacial score (nSPS) is 14.0. The van der Waals surface area contributed by atoms with E-state index in [2.05, 4.69) is 0 Å². The number of rotatable bonds is 2. The molecule has 1 aromatic rings. The minimum Gasteiger partial charge on any atom is -0.207 e. The Morgan fingerprint density at radius 1 is 1.27 bits per heavy atom. The molecule has 1 aromatic carbocycles. The molecule has 0 unspecified atom stereocenters. The number of hydrogen-bond acceptors (Lipinski definition) is 0. The van der Waals surface area contributed by atoms with Crippen LogP contribution < -0.4 is 0 Å². The second-order valence-electron chi connectivity index (χ2n) is 3.54. The Balaban J connectivity index is 3.09. The number of halogens is 4. The molecular weight excluding hydrogens is 208 g/mol. The first-order valence-corrected chi connectivity index (χ1v) is 4.73. The van der Waals surface area contributed by atoms with Crippen molar-refractivity contribution in [1.82, 2.24) is 0 Å². The highest BCUT2D eigenvalue weighted by molar-refractivity contribution is 5.28. The molecule has 0 spiro atoms. The lowest BCUT2D eigenvalue weighted by atomic mass is 9.97. The van der Waals surface area contributed by atoms with Crippen molar-refractivity contribution in [2.75, 3.05) is 0 Å². The minimum atomic E-state index is -4.48. The van der Waals surface area contributed by atoms with Crippen LogP contribution in [0.25, 0.3) is 0 Å². The maximum atomic E-state index is 13.3. The highest BCUT2D eigenvalue weighted by atomic mass is 19.4. The molecule has 1 rings (SSSR count). The van der Waals surface area contributed by atoms with Gasteiger partial charge in [-0.3, -0.25) is 0 Å². The standard InChI is InChI=1S/C11H12F4/c1-3-7(2)9-5-4-8(6-10(9)12)11(13,14)15/h4-7H,3H2,1-2H3/t7-/m1/s1. The van der Waals surface area contributed by atoms with Gasteiger partial charge >= 0.3 is 6.18 Å². The van der Waals surface area contributed by atoms with Gasteiger partial charge in [0.2, 0.25) is 0 Å². The van der Waals surface area contributed by atoms with Crippen LogP contribution in [-0.4, -0.2) is 0 Å². The Hall–Kier alpha value is -1.06. The molecule has 15 heavy (non-hydrogen) atoms. The van der Waals surface area contributed by atoms with Crippen molar-refractivity contribution in [2.45, 2.75) is 32.4 Å². The Morgan fingerprint density at radius 2 is 1.87 bits per heavy atom. The van der Waals surface area contributed by atoms with Crippen LogP contribution >= 0.6 is 0 Å². The molecule has 0 fully saturated rings. The van der Waals surface area contributed by atoms with Crippen molar-refractivity contribution in [2.24, 2.45) is 0 Å². The lowest BCUT2D eigenvalue weighted by molar-refractivity contribution is -0.137. The summed E-state index contributed by atoms with van der Waals surface area (Å²) in [6.45, 7) is 3.65. The van der Waals surface area contributed by atoms with Crippen LogP contribution in [0, 0.1) is 5.82 Å². The average molecular weight is 220 g/mol. The van der Waals surface area contributed by atoms with Crippen LogP contribution in [0.3, 0.4) is 0 Å². The van der Waals surface area contributed by atoms with Crippen LogP contribution in [0.1, 0.15) is 37.3 Å². The van der Waals surface area contributed by atoms with Gasteiger partial charge in [0.1, 0.15) is 5.82 Å². The van der Waals surface area contributed by atoms with Crippen molar-refractivity contribution < 1.29 is 17.6 Å². The quantitative estimate of drug-likeness (QED) is 0.649. The van der Waals surface area contributed by atoms with Gasteiger partial charge in [0, 0.05) is 0 Å². The van der Waals surface area contributed by atoms with Gasteiger partial charge < -0.3 is 0 Å². The van der Waals surface area contributed by atoms with Crippen molar-refractivity contribution in [3.63, 3.8) is 0 Å². The molecule has 0 saturated carbocycles. The maximum absolute atomic E-state index is 13.3. The van der Waals surface area contributed by atoms with Gasteiger partial charge in [0.25, 0.3) is 0 Å². The van der Waals surface area contributed by atoms with Crippen LogP contribution in [0.2, 0.25) is 0 Å². The zero-order valence-corrected chi connectivity index (χ0v) is 8.53. The van der Waals surface area contributed by atoms with E-state index in [9.17, 15) is 17.6 Å². The van der Waals surface area contributed by atoms with Gasteiger partial charge in [0.15, 0.2) is 0 Å². The van der Waals surface area contributed by atoms with Gasteiger partial charge in [-0.1, -0.05) is 19.9 Å². The summed E-state index contributed by atoms with van der Waals surface area (Å²) in [6.07, 6.45) is -3.78. The van der Waals surface area contributed by atoms with Crippen LogP contribution in [0.15, 0.2) is 18.2 Å². The van der Waals surface area contributed by atoms with E-state index in [0.717, 1.165) is 6.07 Å². The highest BCUT2D eigenvalue weighted by Gasteiger charge is 2.31. The monoisotopic (exact) mass is 220 g/mol. The fraction of sp³-hybridized carbons (Fsp3) is 0.455. The van der Waals surface area contributed by atoms with Crippen LogP contribution in [-0.2, 0) is 6.18 Å². The largest absolute Gasteiger partial charge is 0.416 e. The summed E-state index contributed by atoms with van der Waals surface area (Å²) in [7, 11) is 0. The van der Waals surface area contributed by atoms with E-state index >= 15 is 0 Å². The molecule has 0 radical (unpaired) electrons. The molecule has 0 amide bonds. The maximum Gasteiger partial charge on any atom is 0.416 e. The van der Waals surface area contributed by atoms with E-state index in [-0.39, 0.29) is 5.92 Å². The lowest BCUT2D eigenvalue weighted by Crippen LogP contribution is -2.07. The molecule has 0 N–H and O–H groups in total. The molecule has 0 nitrogen and oxygen atoms in total. The summed E-state index contributed by atoms with van der Waals surface area (Å²) in [5.74, 6) is -0.841. The molecule has 0 aromatic heterocycles. The molecule has 0 bridgehead atoms. The molecule has 1 atom stereocenters. The molecule has 0 heterocycles. The van der Waals surface area contributed by atoms with E-state index in [1.807, 2.05) is 6.92 Å². The Kier molecular flexibility index (Phi) is 3.37. The molecule has 0 aliphatic carbocycles. The van der Waals surface area contributed by atoms with E-state index in [4.69, 9.17) is 0 Å². The summed E-state index contributed by atoms with van der Waals surface area (Å²) in [4.78, 5) is 0. The predicted molar refractivity (Wildman–Crippen MR) is 50.1 cm³/mol. The minimum absolute atomic E-state index is 0.0627. The van der Waals surface area contributed by atoms with Crippen LogP contribution in [0.5, 0.6) is 0 Å². The average Bonchev–Trinajstić information content (AvgIpc) is 2.15. The smallest absolute Gasteiger partial charge is 0.207 e. The zero-order chi connectivity index (χ0) is 11.6. The number of alkyl halides is 3. The molecule has 0 aliphatic heterocycles. The molecule has 4 heteroatoms. The van der Waals surface area contributed by atoms with Crippen molar-refractivity contribution in [3.8, 4) is 0 Å². The first-order valence-electron chi connectivity index (χ1n) is 4.73. The molecule has 0 saturated heterocycles. The Labute approximate surface area is 85.9 Å². The second-order valence-corrected chi connectivity index (χ2v) is 3.54. The second kappa shape index (κ2) is 4.21. The molecular formula is C11H12F4. The van der Waals surface area contributed by atoms with Gasteiger partial charge in [-0.25, -0.2) is 4.39 Å². The number of hydrogen-bond donors (Lipinski definition) is 0. The van der Waals surface area contributed by atoms with Crippen molar-refractivity contribution in [3.05, 3.63) is 35.1 Å². The van der Waals surface area contributed by atoms with Gasteiger partial charge in [0.05, 0.1) is 5.56 Å². The van der Waals surface area contributed by atoms with Crippen molar-refractivity contribution in [1.29, 1.82) is 0 Å². The van der Waals surface area contributed by atoms with Crippen molar-refractivity contribution >= 4 is 0 Å². The predicted octanol–water partition coefficient (Wildman–Crippen LogP) is 4.36. The van der Waals surface area contributed by atoms with Crippen LogP contribution in [0.4, 0.5) is 17.6 Å². The van der Waals surface area contributed by atoms with Gasteiger partial charge in [-0.15, -0.1) is 0 Å². The third-order valence-corrected chi connectivity index (χ3v) is 2.47. The number of benzene rings is 1. The van der Waals surface area contributed by atoms with Gasteiger partial charge in [-0.05, 0) is 30.0 Å². The van der Waals surface area contributed by atoms with E-state index in [1.54, 1.807) is 6.92 Å². The molecule has 0 aliphatic rings. The summed E-state index contributed by atoms with van der Waals surface area (Å²) in [5.41, 5.74) is -0.599. The Bertz CT molecular complexity index is 341. The summed E-state index contributed by atoms with van der Waals surface area (Å²) >= 11 is 0. The SMILES string of the molecule is CC[C@@H](C)c1ccc(C(F)(F)F)cc1F. The highest BCUT2D eigenvalue weighted by Crippen LogP contribution is 2.32. The topological polar surface area (TPSA) is 0 Å². The van der Waals surface area contributed by atoms with Gasteiger partial charge in [-0.2, -0.15) is 13.2 Å². The molecule has 84 valence electrons. The summed E-state index contributed by atoms with van der Waals surface area (Å²) < 4.78 is 50.0. The van der Waals surface area contributed by atoms with E-state index in [0.29, 0.717) is 18.1 Å². The fourth-order valence-electron chi connectivity index (χ4n) is 1.32.